The smallest absolute Gasteiger partial charge is 0.183 e. The van der Waals surface area contributed by atoms with Gasteiger partial charge in [0.1, 0.15) is 11.5 Å². The number of benzene rings is 2. The zero-order valence-corrected chi connectivity index (χ0v) is 16.6. The Morgan fingerprint density at radius 1 is 0.893 bits per heavy atom. The Bertz CT molecular complexity index is 635. The van der Waals surface area contributed by atoms with Crippen molar-refractivity contribution in [3.05, 3.63) is 59.7 Å². The standard InChI is InChI=1S/C11H14O3.C11H16O3/c1-12-10-5-3-9(4-6-10)11-13-7-2-8-14-11;1-13-11-5-3-10(4-6-11)9-14-8-2-7-12/h3-6,11H,2,7-8H2,1H3;3-6,12H,2,7-9H2,1H3. The molecule has 28 heavy (non-hydrogen) atoms. The Labute approximate surface area is 166 Å². The van der Waals surface area contributed by atoms with Crippen molar-refractivity contribution in [1.82, 2.24) is 0 Å². The highest BCUT2D eigenvalue weighted by atomic mass is 16.7. The highest BCUT2D eigenvalue weighted by Gasteiger charge is 2.15. The second kappa shape index (κ2) is 13.1. The van der Waals surface area contributed by atoms with Crippen molar-refractivity contribution in [3.63, 3.8) is 0 Å². The zero-order chi connectivity index (χ0) is 20.0. The average Bonchev–Trinajstić information content (AvgIpc) is 2.78. The molecule has 1 fully saturated rings. The highest BCUT2D eigenvalue weighted by molar-refractivity contribution is 5.28. The molecule has 0 spiro atoms. The molecule has 3 rings (SSSR count). The summed E-state index contributed by atoms with van der Waals surface area (Å²) in [4.78, 5) is 0. The Morgan fingerprint density at radius 2 is 1.46 bits per heavy atom. The van der Waals surface area contributed by atoms with Gasteiger partial charge in [-0.2, -0.15) is 0 Å². The molecule has 2 aromatic rings. The molecule has 1 N–H and O–H groups in total. The minimum Gasteiger partial charge on any atom is -0.497 e. The molecule has 0 aliphatic carbocycles. The first-order valence-corrected chi connectivity index (χ1v) is 9.45. The minimum atomic E-state index is -0.199. The average molecular weight is 390 g/mol. The van der Waals surface area contributed by atoms with Crippen LogP contribution in [0.1, 0.15) is 30.3 Å². The molecule has 0 bridgehead atoms. The van der Waals surface area contributed by atoms with Crippen LogP contribution in [0.5, 0.6) is 11.5 Å². The van der Waals surface area contributed by atoms with Gasteiger partial charge in [0.2, 0.25) is 0 Å². The van der Waals surface area contributed by atoms with Gasteiger partial charge in [-0.1, -0.05) is 24.3 Å². The second-order valence-electron chi connectivity index (χ2n) is 6.18. The number of aliphatic hydroxyl groups is 1. The first-order valence-electron chi connectivity index (χ1n) is 9.45. The molecule has 6 heteroatoms. The SMILES string of the molecule is COc1ccc(C2OCCCO2)cc1.COc1ccc(COCCCO)cc1. The number of ether oxygens (including phenoxy) is 5. The van der Waals surface area contributed by atoms with Crippen molar-refractivity contribution in [2.75, 3.05) is 40.6 Å². The zero-order valence-electron chi connectivity index (χ0n) is 16.6. The summed E-state index contributed by atoms with van der Waals surface area (Å²) in [6.07, 6.45) is 1.47. The highest BCUT2D eigenvalue weighted by Crippen LogP contribution is 2.24. The van der Waals surface area contributed by atoms with E-state index in [4.69, 9.17) is 28.8 Å². The van der Waals surface area contributed by atoms with E-state index in [2.05, 4.69) is 0 Å². The molecule has 0 radical (unpaired) electrons. The maximum Gasteiger partial charge on any atom is 0.183 e. The topological polar surface area (TPSA) is 66.4 Å². The molecule has 1 aliphatic heterocycles. The van der Waals surface area contributed by atoms with E-state index in [1.54, 1.807) is 14.2 Å². The van der Waals surface area contributed by atoms with Crippen molar-refractivity contribution in [1.29, 1.82) is 0 Å². The predicted molar refractivity (Wildman–Crippen MR) is 107 cm³/mol. The number of aliphatic hydroxyl groups excluding tert-OH is 1. The minimum absolute atomic E-state index is 0.183. The Hall–Kier alpha value is -2.12. The Balaban J connectivity index is 0.000000200. The van der Waals surface area contributed by atoms with Gasteiger partial charge in [-0.3, -0.25) is 0 Å². The van der Waals surface area contributed by atoms with Gasteiger partial charge in [-0.25, -0.2) is 0 Å². The quantitative estimate of drug-likeness (QED) is 0.693. The largest absolute Gasteiger partial charge is 0.497 e. The molecule has 1 heterocycles. The molecule has 1 saturated heterocycles. The summed E-state index contributed by atoms with van der Waals surface area (Å²) in [7, 11) is 3.30. The summed E-state index contributed by atoms with van der Waals surface area (Å²) < 4.78 is 26.4. The lowest BCUT2D eigenvalue weighted by Crippen LogP contribution is -2.17. The summed E-state index contributed by atoms with van der Waals surface area (Å²) in [6, 6.07) is 15.5. The molecular formula is C22H30O6. The van der Waals surface area contributed by atoms with Crippen LogP contribution in [0, 0.1) is 0 Å². The summed E-state index contributed by atoms with van der Waals surface area (Å²) in [5.41, 5.74) is 2.16. The lowest BCUT2D eigenvalue weighted by molar-refractivity contribution is -0.183. The molecule has 0 amide bonds. The van der Waals surface area contributed by atoms with Crippen molar-refractivity contribution < 1.29 is 28.8 Å². The molecule has 0 unspecified atom stereocenters. The molecular weight excluding hydrogens is 360 g/mol. The summed E-state index contributed by atoms with van der Waals surface area (Å²) in [5.74, 6) is 1.70. The number of hydrogen-bond donors (Lipinski definition) is 1. The van der Waals surface area contributed by atoms with Gasteiger partial charge in [-0.05, 0) is 42.7 Å². The predicted octanol–water partition coefficient (Wildman–Crippen LogP) is 3.72. The Morgan fingerprint density at radius 3 is 2.00 bits per heavy atom. The van der Waals surface area contributed by atoms with Crippen LogP contribution < -0.4 is 9.47 Å². The number of methoxy groups -OCH3 is 2. The second-order valence-corrected chi connectivity index (χ2v) is 6.18. The number of rotatable bonds is 8. The van der Waals surface area contributed by atoms with Crippen LogP contribution >= 0.6 is 0 Å². The normalized spacial score (nSPS) is 14.1. The molecule has 0 atom stereocenters. The first-order chi connectivity index (χ1) is 13.8. The third-order valence-corrected chi connectivity index (χ3v) is 4.09. The Kier molecular flexibility index (Phi) is 10.4. The lowest BCUT2D eigenvalue weighted by Gasteiger charge is -2.23. The van der Waals surface area contributed by atoms with E-state index in [-0.39, 0.29) is 12.9 Å². The van der Waals surface area contributed by atoms with Crippen molar-refractivity contribution in [2.24, 2.45) is 0 Å². The summed E-state index contributed by atoms with van der Waals surface area (Å²) in [5, 5.41) is 8.54. The monoisotopic (exact) mass is 390 g/mol. The van der Waals surface area contributed by atoms with Crippen LogP contribution in [0.4, 0.5) is 0 Å². The van der Waals surface area contributed by atoms with Gasteiger partial charge in [0.05, 0.1) is 34.0 Å². The molecule has 154 valence electrons. The van der Waals surface area contributed by atoms with E-state index in [1.165, 1.54) is 0 Å². The van der Waals surface area contributed by atoms with E-state index in [1.807, 2.05) is 48.5 Å². The van der Waals surface area contributed by atoms with Crippen LogP contribution in [0.25, 0.3) is 0 Å². The molecule has 0 aromatic heterocycles. The molecule has 1 aliphatic rings. The fourth-order valence-electron chi connectivity index (χ4n) is 2.52. The van der Waals surface area contributed by atoms with Crippen molar-refractivity contribution in [2.45, 2.75) is 25.7 Å². The van der Waals surface area contributed by atoms with Crippen LogP contribution in [0.15, 0.2) is 48.5 Å². The molecule has 6 nitrogen and oxygen atoms in total. The molecule has 2 aromatic carbocycles. The van der Waals surface area contributed by atoms with Gasteiger partial charge in [0, 0.05) is 18.8 Å². The van der Waals surface area contributed by atoms with Gasteiger partial charge < -0.3 is 28.8 Å². The number of hydrogen-bond acceptors (Lipinski definition) is 6. The van der Waals surface area contributed by atoms with Gasteiger partial charge >= 0.3 is 0 Å². The van der Waals surface area contributed by atoms with Gasteiger partial charge in [-0.15, -0.1) is 0 Å². The fourth-order valence-corrected chi connectivity index (χ4v) is 2.52. The van der Waals surface area contributed by atoms with Crippen LogP contribution in [-0.4, -0.2) is 45.8 Å². The van der Waals surface area contributed by atoms with Crippen molar-refractivity contribution in [3.8, 4) is 11.5 Å². The summed E-state index contributed by atoms with van der Waals surface area (Å²) >= 11 is 0. The van der Waals surface area contributed by atoms with Gasteiger partial charge in [0.15, 0.2) is 6.29 Å². The first kappa shape index (κ1) is 22.2. The van der Waals surface area contributed by atoms with E-state index >= 15 is 0 Å². The summed E-state index contributed by atoms with van der Waals surface area (Å²) in [6.45, 7) is 2.92. The van der Waals surface area contributed by atoms with Crippen LogP contribution in [0.3, 0.4) is 0 Å². The lowest BCUT2D eigenvalue weighted by atomic mass is 10.2. The van der Waals surface area contributed by atoms with Crippen molar-refractivity contribution >= 4 is 0 Å². The van der Waals surface area contributed by atoms with E-state index < -0.39 is 0 Å². The van der Waals surface area contributed by atoms with Crippen LogP contribution in [0.2, 0.25) is 0 Å². The van der Waals surface area contributed by atoms with Gasteiger partial charge in [0.25, 0.3) is 0 Å². The third-order valence-electron chi connectivity index (χ3n) is 4.09. The van der Waals surface area contributed by atoms with E-state index in [0.29, 0.717) is 19.6 Å². The third kappa shape index (κ3) is 7.86. The maximum absolute atomic E-state index is 8.54. The van der Waals surface area contributed by atoms with E-state index in [9.17, 15) is 0 Å². The molecule has 0 saturated carbocycles. The van der Waals surface area contributed by atoms with E-state index in [0.717, 1.165) is 42.3 Å². The van der Waals surface area contributed by atoms with Crippen LogP contribution in [-0.2, 0) is 20.8 Å². The fraction of sp³-hybridized carbons (Fsp3) is 0.455. The maximum atomic E-state index is 8.54.